The normalized spacial score (nSPS) is 22.6. The predicted molar refractivity (Wildman–Crippen MR) is 220 cm³/mol. The number of carbonyl (C=O) groups is 5. The highest BCUT2D eigenvalue weighted by Gasteiger charge is 2.45. The number of benzene rings is 2. The minimum atomic E-state index is -1.62. The van der Waals surface area contributed by atoms with Crippen molar-refractivity contribution in [2.24, 2.45) is 11.7 Å². The number of primary amides is 1. The summed E-state index contributed by atoms with van der Waals surface area (Å²) in [4.78, 5) is 71.7. The lowest BCUT2D eigenvalue weighted by Gasteiger charge is -2.33. The lowest BCUT2D eigenvalue weighted by atomic mass is 9.84. The van der Waals surface area contributed by atoms with E-state index in [0.29, 0.717) is 44.3 Å². The van der Waals surface area contributed by atoms with E-state index >= 15 is 0 Å². The first kappa shape index (κ1) is 42.4. The molecule has 312 valence electrons. The molecule has 2 aliphatic carbocycles. The van der Waals surface area contributed by atoms with Crippen molar-refractivity contribution >= 4 is 40.4 Å². The number of nitrogens with one attached hydrogen (secondary N) is 4. The molecule has 57 heavy (non-hydrogen) atoms. The molecule has 2 saturated heterocycles. The van der Waals surface area contributed by atoms with Crippen LogP contribution in [0.5, 0.6) is 0 Å². The maximum absolute atomic E-state index is 14.8. The first-order valence-corrected chi connectivity index (χ1v) is 21.8. The fourth-order valence-corrected chi connectivity index (χ4v) is 9.56. The van der Waals surface area contributed by atoms with Crippen molar-refractivity contribution < 1.29 is 29.1 Å². The monoisotopic (exact) mass is 787 g/mol. The van der Waals surface area contributed by atoms with E-state index in [2.05, 4.69) is 26.2 Å². The molecular weight excluding hydrogens is 723 g/mol. The third kappa shape index (κ3) is 11.9. The lowest BCUT2D eigenvalue weighted by molar-refractivity contribution is -0.141. The zero-order chi connectivity index (χ0) is 40.1. The number of fused-ring (bicyclic) bond motifs is 1. The van der Waals surface area contributed by atoms with Gasteiger partial charge in [0.1, 0.15) is 12.1 Å². The molecule has 4 fully saturated rings. The van der Waals surface area contributed by atoms with Crippen molar-refractivity contribution in [3.63, 3.8) is 0 Å². The summed E-state index contributed by atoms with van der Waals surface area (Å²) < 4.78 is 0. The van der Waals surface area contributed by atoms with Gasteiger partial charge in [-0.1, -0.05) is 88.1 Å². The molecule has 2 unspecified atom stereocenters. The first-order valence-electron chi connectivity index (χ1n) is 21.8. The Morgan fingerprint density at radius 3 is 2.21 bits per heavy atom. The van der Waals surface area contributed by atoms with E-state index in [0.717, 1.165) is 101 Å². The molecule has 7 N–H and O–H groups in total. The number of hydrogen-bond donors (Lipinski definition) is 6. The van der Waals surface area contributed by atoms with Crippen molar-refractivity contribution in [3.05, 3.63) is 48.0 Å². The highest BCUT2D eigenvalue weighted by atomic mass is 16.3. The number of carbonyl (C=O) groups excluding carboxylic acids is 5. The van der Waals surface area contributed by atoms with Crippen molar-refractivity contribution in [1.29, 1.82) is 0 Å². The molecule has 2 aromatic rings. The molecule has 2 saturated carbocycles. The van der Waals surface area contributed by atoms with E-state index in [1.54, 1.807) is 11.0 Å². The Kier molecular flexibility index (Phi) is 15.6. The quantitative estimate of drug-likeness (QED) is 0.135. The molecule has 0 radical (unpaired) electrons. The van der Waals surface area contributed by atoms with E-state index in [4.69, 9.17) is 5.73 Å². The Hall–Kier alpha value is -4.23. The minimum Gasteiger partial charge on any atom is -0.381 e. The number of unbranched alkanes of at least 4 members (excludes halogenated alkanes) is 1. The van der Waals surface area contributed by atoms with E-state index in [1.165, 1.54) is 6.42 Å². The average molecular weight is 788 g/mol. The number of nitrogens with zero attached hydrogens (tertiary/aromatic N) is 2. The van der Waals surface area contributed by atoms with Gasteiger partial charge in [-0.25, -0.2) is 4.79 Å². The second-order valence-electron chi connectivity index (χ2n) is 17.0. The number of nitrogens with two attached hydrogens (primary N) is 1. The van der Waals surface area contributed by atoms with Gasteiger partial charge in [0.25, 0.3) is 5.91 Å². The summed E-state index contributed by atoms with van der Waals surface area (Å²) in [5.41, 5.74) is 6.03. The number of aliphatic hydroxyl groups excluding tert-OH is 1. The molecule has 5 atom stereocenters. The van der Waals surface area contributed by atoms with Crippen LogP contribution >= 0.6 is 0 Å². The summed E-state index contributed by atoms with van der Waals surface area (Å²) in [6.07, 6.45) is 14.6. The van der Waals surface area contributed by atoms with Gasteiger partial charge in [0, 0.05) is 30.7 Å². The van der Waals surface area contributed by atoms with Crippen LogP contribution in [0.25, 0.3) is 10.8 Å². The number of likely N-dealkylation sites (tertiary alicyclic amines) is 2. The smallest absolute Gasteiger partial charge is 0.315 e. The largest absolute Gasteiger partial charge is 0.381 e. The maximum atomic E-state index is 14.8. The predicted octanol–water partition coefficient (Wildman–Crippen LogP) is 4.50. The van der Waals surface area contributed by atoms with Gasteiger partial charge in [0.2, 0.25) is 17.7 Å². The molecule has 13 nitrogen and oxygen atoms in total. The molecule has 0 bridgehead atoms. The fraction of sp³-hybridized carbons (Fsp3) is 0.659. The van der Waals surface area contributed by atoms with Gasteiger partial charge < -0.3 is 37.0 Å². The summed E-state index contributed by atoms with van der Waals surface area (Å²) in [5, 5.41) is 24.8. The lowest BCUT2D eigenvalue weighted by Crippen LogP contribution is -2.57. The summed E-state index contributed by atoms with van der Waals surface area (Å²) in [5.74, 6) is -1.72. The van der Waals surface area contributed by atoms with Crippen LogP contribution in [0.15, 0.2) is 42.5 Å². The van der Waals surface area contributed by atoms with E-state index in [9.17, 15) is 29.1 Å². The number of aliphatic hydroxyl groups is 1. The Balaban J connectivity index is 1.15. The van der Waals surface area contributed by atoms with E-state index in [-0.39, 0.29) is 42.3 Å². The number of piperidine rings is 1. The van der Waals surface area contributed by atoms with Crippen molar-refractivity contribution in [1.82, 2.24) is 31.1 Å². The third-order valence-electron chi connectivity index (χ3n) is 12.8. The molecule has 2 aromatic carbocycles. The molecule has 6 rings (SSSR count). The maximum Gasteiger partial charge on any atom is 0.315 e. The Morgan fingerprint density at radius 1 is 0.807 bits per heavy atom. The van der Waals surface area contributed by atoms with Crippen LogP contribution in [0.3, 0.4) is 0 Å². The van der Waals surface area contributed by atoms with Crippen LogP contribution in [-0.2, 0) is 14.4 Å². The molecule has 4 aliphatic rings. The topological polar surface area (TPSA) is 186 Å². The van der Waals surface area contributed by atoms with Crippen LogP contribution in [0, 0.1) is 5.92 Å². The standard InChI is InChI=1S/C44H65N7O6/c45-40(53)39(52)36(20-10-11-23-46-44(57)47-34-18-6-2-7-19-34)48-42(55)38-28-35(50-24-12-3-13-25-50)29-51(38)43(56)37(26-30-14-4-1-5-15-30)49-41(54)33-22-21-31-16-8-9-17-32(31)27-33/h8-9,16-17,21-22,27,30,34-39,52H,1-7,10-15,18-20,23-26,28-29H2,(H2,45,53)(H,48,55)(H,49,54)(H2,46,47,57)/t35-,36?,37-,38+,39?/m1/s1. The first-order chi connectivity index (χ1) is 27.7. The Bertz CT molecular complexity index is 1670. The number of amides is 6. The van der Waals surface area contributed by atoms with Crippen LogP contribution < -0.4 is 27.0 Å². The van der Waals surface area contributed by atoms with Gasteiger partial charge in [-0.15, -0.1) is 0 Å². The van der Waals surface area contributed by atoms with Gasteiger partial charge in [-0.05, 0) is 99.7 Å². The number of urea groups is 1. The molecule has 2 heterocycles. The zero-order valence-electron chi connectivity index (χ0n) is 33.6. The summed E-state index contributed by atoms with van der Waals surface area (Å²) >= 11 is 0. The SMILES string of the molecule is NC(=O)C(O)C(CCCCNC(=O)NC1CCCCC1)NC(=O)[C@@H]1C[C@@H](N2CCCCC2)CN1C(=O)[C@@H](CC1CCCCC1)NC(=O)c1ccc2ccccc2c1. The third-order valence-corrected chi connectivity index (χ3v) is 12.8. The Morgan fingerprint density at radius 2 is 1.49 bits per heavy atom. The van der Waals surface area contributed by atoms with Gasteiger partial charge in [0.15, 0.2) is 6.10 Å². The molecule has 0 spiro atoms. The van der Waals surface area contributed by atoms with Gasteiger partial charge in [-0.3, -0.25) is 24.1 Å². The van der Waals surface area contributed by atoms with Crippen LogP contribution in [0.4, 0.5) is 4.79 Å². The summed E-state index contributed by atoms with van der Waals surface area (Å²) in [7, 11) is 0. The van der Waals surface area contributed by atoms with Gasteiger partial charge in [0.05, 0.1) is 6.04 Å². The second kappa shape index (κ2) is 21.0. The van der Waals surface area contributed by atoms with Crippen molar-refractivity contribution in [2.75, 3.05) is 26.2 Å². The number of rotatable bonds is 16. The highest BCUT2D eigenvalue weighted by Crippen LogP contribution is 2.31. The summed E-state index contributed by atoms with van der Waals surface area (Å²) in [6, 6.07) is 10.7. The molecular formula is C44H65N7O6. The molecule has 2 aliphatic heterocycles. The second-order valence-corrected chi connectivity index (χ2v) is 17.0. The van der Waals surface area contributed by atoms with Gasteiger partial charge >= 0.3 is 6.03 Å². The average Bonchev–Trinajstić information content (AvgIpc) is 3.69. The molecule has 13 heteroatoms. The van der Waals surface area contributed by atoms with E-state index in [1.807, 2.05) is 36.4 Å². The Labute approximate surface area is 337 Å². The minimum absolute atomic E-state index is 0.0399. The van der Waals surface area contributed by atoms with Crippen LogP contribution in [0.2, 0.25) is 0 Å². The van der Waals surface area contributed by atoms with E-state index < -0.39 is 36.0 Å². The summed E-state index contributed by atoms with van der Waals surface area (Å²) in [6.45, 7) is 2.53. The fourth-order valence-electron chi connectivity index (χ4n) is 9.56. The van der Waals surface area contributed by atoms with Crippen LogP contribution in [-0.4, -0.2) is 107 Å². The van der Waals surface area contributed by atoms with Gasteiger partial charge in [-0.2, -0.15) is 0 Å². The molecule has 6 amide bonds. The zero-order valence-corrected chi connectivity index (χ0v) is 33.6. The molecule has 0 aromatic heterocycles. The van der Waals surface area contributed by atoms with Crippen LogP contribution in [0.1, 0.15) is 126 Å². The highest BCUT2D eigenvalue weighted by molar-refractivity contribution is 6.01. The van der Waals surface area contributed by atoms with Crippen molar-refractivity contribution in [3.8, 4) is 0 Å². The number of hydrogen-bond acceptors (Lipinski definition) is 7. The van der Waals surface area contributed by atoms with Crippen molar-refractivity contribution in [2.45, 2.75) is 152 Å².